The molecule has 0 atom stereocenters. The Morgan fingerprint density at radius 1 is 0.886 bits per heavy atom. The standard InChI is InChI=1S/C29H29ClN4O8S2/c1-6-41-18-12-16(11-17(30)22(18)42-13-14-8-7-9-15(10-14)27(39)40)19(20-23(35)31(2)28(43)32(3)24(20)36)21-25(37)33(4)29(44)34(5)26(21)38/h7-12,19,35,37H,6,13H2,1-5H3,(H,39,40). The molecule has 2 heterocycles. The number of aromatic nitrogens is 4. The summed E-state index contributed by atoms with van der Waals surface area (Å²) in [7, 11) is 5.75. The Morgan fingerprint density at radius 3 is 1.93 bits per heavy atom. The van der Waals surface area contributed by atoms with Gasteiger partial charge in [0, 0.05) is 28.2 Å². The van der Waals surface area contributed by atoms with Gasteiger partial charge in [0.1, 0.15) is 6.61 Å². The number of aromatic carboxylic acids is 1. The molecule has 0 spiro atoms. The fourth-order valence-corrected chi connectivity index (χ4v) is 5.42. The van der Waals surface area contributed by atoms with Crippen LogP contribution in [0.1, 0.15) is 45.5 Å². The molecule has 0 saturated heterocycles. The summed E-state index contributed by atoms with van der Waals surface area (Å²) >= 11 is 17.3. The van der Waals surface area contributed by atoms with Crippen LogP contribution in [0.25, 0.3) is 0 Å². The van der Waals surface area contributed by atoms with Crippen LogP contribution >= 0.6 is 36.0 Å². The molecule has 2 aromatic carbocycles. The molecule has 0 radical (unpaired) electrons. The van der Waals surface area contributed by atoms with Gasteiger partial charge in [0.2, 0.25) is 11.8 Å². The first kappa shape index (κ1) is 32.5. The lowest BCUT2D eigenvalue weighted by Crippen LogP contribution is -2.33. The summed E-state index contributed by atoms with van der Waals surface area (Å²) in [5.74, 6) is -3.27. The zero-order valence-corrected chi connectivity index (χ0v) is 26.7. The molecule has 0 unspecified atom stereocenters. The molecular weight excluding hydrogens is 632 g/mol. The monoisotopic (exact) mass is 660 g/mol. The number of nitrogens with zero attached hydrogens (tertiary/aromatic N) is 4. The maximum atomic E-state index is 13.7. The first-order valence-electron chi connectivity index (χ1n) is 13.1. The number of carboxylic acid groups (broad SMARTS) is 1. The molecule has 0 bridgehead atoms. The molecule has 12 nitrogen and oxygen atoms in total. The van der Waals surface area contributed by atoms with E-state index in [1.807, 2.05) is 0 Å². The summed E-state index contributed by atoms with van der Waals surface area (Å²) in [6.07, 6.45) is 0. The van der Waals surface area contributed by atoms with Gasteiger partial charge in [-0.15, -0.1) is 0 Å². The zero-order chi connectivity index (χ0) is 32.6. The lowest BCUT2D eigenvalue weighted by molar-refractivity contribution is 0.0696. The minimum absolute atomic E-state index is 0.0161. The van der Waals surface area contributed by atoms with E-state index in [9.17, 15) is 29.7 Å². The Kier molecular flexibility index (Phi) is 9.37. The summed E-state index contributed by atoms with van der Waals surface area (Å²) in [6.45, 7) is 1.85. The van der Waals surface area contributed by atoms with Gasteiger partial charge >= 0.3 is 5.97 Å². The van der Waals surface area contributed by atoms with Crippen molar-refractivity contribution >= 4 is 42.0 Å². The maximum absolute atomic E-state index is 13.7. The first-order chi connectivity index (χ1) is 20.7. The number of benzene rings is 2. The van der Waals surface area contributed by atoms with E-state index >= 15 is 0 Å². The van der Waals surface area contributed by atoms with Crippen LogP contribution in [-0.2, 0) is 34.8 Å². The minimum Gasteiger partial charge on any atom is -0.494 e. The van der Waals surface area contributed by atoms with Crippen LogP contribution < -0.4 is 20.6 Å². The van der Waals surface area contributed by atoms with Crippen molar-refractivity contribution in [1.82, 2.24) is 18.3 Å². The van der Waals surface area contributed by atoms with Gasteiger partial charge in [-0.25, -0.2) is 4.79 Å². The van der Waals surface area contributed by atoms with Gasteiger partial charge in [0.25, 0.3) is 11.1 Å². The predicted molar refractivity (Wildman–Crippen MR) is 168 cm³/mol. The maximum Gasteiger partial charge on any atom is 0.335 e. The summed E-state index contributed by atoms with van der Waals surface area (Å²) in [5, 5.41) is 31.8. The highest BCUT2D eigenvalue weighted by Gasteiger charge is 2.34. The number of carboxylic acids is 1. The van der Waals surface area contributed by atoms with Crippen molar-refractivity contribution in [2.45, 2.75) is 19.4 Å². The molecular formula is C29H29ClN4O8S2. The first-order valence-corrected chi connectivity index (χ1v) is 14.3. The van der Waals surface area contributed by atoms with Crippen molar-refractivity contribution in [2.75, 3.05) is 6.61 Å². The van der Waals surface area contributed by atoms with E-state index < -0.39 is 34.8 Å². The van der Waals surface area contributed by atoms with Crippen molar-refractivity contribution in [3.8, 4) is 23.3 Å². The van der Waals surface area contributed by atoms with Crippen LogP contribution in [0.5, 0.6) is 23.3 Å². The highest BCUT2D eigenvalue weighted by molar-refractivity contribution is 7.71. The Balaban J connectivity index is 2.01. The molecule has 0 aliphatic rings. The molecule has 4 rings (SSSR count). The minimum atomic E-state index is -1.38. The number of halogens is 1. The van der Waals surface area contributed by atoms with E-state index in [-0.39, 0.29) is 61.5 Å². The molecule has 4 aromatic rings. The second kappa shape index (κ2) is 12.7. The summed E-state index contributed by atoms with van der Waals surface area (Å²) < 4.78 is 16.5. The number of carbonyl (C=O) groups is 1. The number of hydrogen-bond acceptors (Lipinski definition) is 9. The van der Waals surface area contributed by atoms with Crippen LogP contribution in [0, 0.1) is 9.54 Å². The van der Waals surface area contributed by atoms with E-state index in [1.54, 1.807) is 19.1 Å². The molecule has 2 aromatic heterocycles. The van der Waals surface area contributed by atoms with Crippen molar-refractivity contribution in [3.63, 3.8) is 0 Å². The summed E-state index contributed by atoms with van der Waals surface area (Å²) in [6, 6.07) is 9.11. The van der Waals surface area contributed by atoms with E-state index in [1.165, 1.54) is 61.6 Å². The van der Waals surface area contributed by atoms with Crippen LogP contribution in [0.15, 0.2) is 46.0 Å². The number of aromatic hydroxyl groups is 2. The van der Waals surface area contributed by atoms with E-state index in [4.69, 9.17) is 45.5 Å². The summed E-state index contributed by atoms with van der Waals surface area (Å²) in [5.41, 5.74) is -1.10. The van der Waals surface area contributed by atoms with Crippen LogP contribution in [-0.4, -0.2) is 46.2 Å². The third-order valence-corrected chi connectivity index (χ3v) is 8.51. The second-order valence-electron chi connectivity index (χ2n) is 9.88. The summed E-state index contributed by atoms with van der Waals surface area (Å²) in [4.78, 5) is 38.8. The third kappa shape index (κ3) is 5.75. The predicted octanol–water partition coefficient (Wildman–Crippen LogP) is 4.14. The highest BCUT2D eigenvalue weighted by atomic mass is 35.5. The number of ether oxygens (including phenoxy) is 2. The molecule has 3 N–H and O–H groups in total. The Labute approximate surface area is 266 Å². The highest BCUT2D eigenvalue weighted by Crippen LogP contribution is 2.44. The SMILES string of the molecule is CCOc1cc(C(c2c(O)n(C)c(=S)n(C)c2=O)c2c(O)n(C)c(=S)n(C)c2=O)cc(Cl)c1OCc1cccc(C(=O)O)c1. The van der Waals surface area contributed by atoms with E-state index in [0.717, 1.165) is 9.13 Å². The number of hydrogen-bond donors (Lipinski definition) is 3. The Hall–Kier alpha value is -4.40. The fourth-order valence-electron chi connectivity index (χ4n) is 4.81. The molecule has 0 aliphatic carbocycles. The van der Waals surface area contributed by atoms with Crippen molar-refractivity contribution in [3.05, 3.63) is 99.5 Å². The average molecular weight is 661 g/mol. The molecule has 0 aliphatic heterocycles. The van der Waals surface area contributed by atoms with Crippen LogP contribution in [0.3, 0.4) is 0 Å². The van der Waals surface area contributed by atoms with Crippen molar-refractivity contribution in [1.29, 1.82) is 0 Å². The van der Waals surface area contributed by atoms with Crippen molar-refractivity contribution in [2.24, 2.45) is 28.2 Å². The van der Waals surface area contributed by atoms with Gasteiger partial charge in [0.05, 0.1) is 34.2 Å². The molecule has 15 heteroatoms. The van der Waals surface area contributed by atoms with Crippen LogP contribution in [0.2, 0.25) is 5.02 Å². The average Bonchev–Trinajstić information content (AvgIpc) is 3.00. The van der Waals surface area contributed by atoms with Crippen LogP contribution in [0.4, 0.5) is 0 Å². The molecule has 0 fully saturated rings. The van der Waals surface area contributed by atoms with Gasteiger partial charge in [-0.2, -0.15) is 0 Å². The van der Waals surface area contributed by atoms with Gasteiger partial charge in [-0.1, -0.05) is 23.7 Å². The lowest BCUT2D eigenvalue weighted by Gasteiger charge is -2.24. The quantitative estimate of drug-likeness (QED) is 0.224. The molecule has 0 saturated carbocycles. The zero-order valence-electron chi connectivity index (χ0n) is 24.3. The van der Waals surface area contributed by atoms with Crippen molar-refractivity contribution < 1.29 is 29.6 Å². The largest absolute Gasteiger partial charge is 0.494 e. The van der Waals surface area contributed by atoms with Gasteiger partial charge < -0.3 is 24.8 Å². The van der Waals surface area contributed by atoms with E-state index in [0.29, 0.717) is 5.56 Å². The molecule has 0 amide bonds. The topological polar surface area (TPSA) is 150 Å². The van der Waals surface area contributed by atoms with Gasteiger partial charge in [-0.05, 0) is 66.8 Å². The molecule has 44 heavy (non-hydrogen) atoms. The number of rotatable bonds is 9. The molecule has 232 valence electrons. The second-order valence-corrected chi connectivity index (χ2v) is 11.0. The third-order valence-electron chi connectivity index (χ3n) is 7.13. The Morgan fingerprint density at radius 2 is 1.43 bits per heavy atom. The van der Waals surface area contributed by atoms with Gasteiger partial charge in [0.15, 0.2) is 21.0 Å². The smallest absolute Gasteiger partial charge is 0.335 e. The van der Waals surface area contributed by atoms with E-state index in [2.05, 4.69) is 0 Å². The van der Waals surface area contributed by atoms with Gasteiger partial charge in [-0.3, -0.25) is 27.9 Å². The normalized spacial score (nSPS) is 11.2. The Bertz CT molecular complexity index is 1960. The lowest BCUT2D eigenvalue weighted by atomic mass is 9.86. The fraction of sp³-hybridized carbons (Fsp3) is 0.276.